The van der Waals surface area contributed by atoms with Gasteiger partial charge in [0.05, 0.1) is 11.9 Å². The van der Waals surface area contributed by atoms with Crippen molar-refractivity contribution in [1.29, 1.82) is 0 Å². The first-order chi connectivity index (χ1) is 5.72. The van der Waals surface area contributed by atoms with Crippen molar-refractivity contribution in [3.05, 3.63) is 18.3 Å². The van der Waals surface area contributed by atoms with Gasteiger partial charge in [0.1, 0.15) is 5.82 Å². The normalized spacial score (nSPS) is 12.5. The van der Waals surface area contributed by atoms with Gasteiger partial charge in [0.25, 0.3) is 0 Å². The Morgan fingerprint density at radius 2 is 2.33 bits per heavy atom. The molecule has 4 nitrogen and oxygen atoms in total. The number of nitrogen functional groups attached to an aromatic ring is 1. The van der Waals surface area contributed by atoms with Crippen molar-refractivity contribution in [2.45, 2.75) is 13.0 Å². The van der Waals surface area contributed by atoms with Crippen molar-refractivity contribution in [2.24, 2.45) is 5.73 Å². The molecule has 1 aromatic heterocycles. The summed E-state index contributed by atoms with van der Waals surface area (Å²) >= 11 is 0. The molecule has 1 unspecified atom stereocenters. The van der Waals surface area contributed by atoms with Crippen LogP contribution in [-0.4, -0.2) is 17.6 Å². The van der Waals surface area contributed by atoms with Crippen molar-refractivity contribution in [1.82, 2.24) is 4.98 Å². The summed E-state index contributed by atoms with van der Waals surface area (Å²) in [6, 6.07) is 3.88. The number of hydrogen-bond donors (Lipinski definition) is 3. The third kappa shape index (κ3) is 2.39. The third-order valence-electron chi connectivity index (χ3n) is 1.53. The van der Waals surface area contributed by atoms with Gasteiger partial charge in [-0.1, -0.05) is 0 Å². The Labute approximate surface area is 72.0 Å². The second-order valence-electron chi connectivity index (χ2n) is 2.76. The Morgan fingerprint density at radius 3 is 2.83 bits per heavy atom. The van der Waals surface area contributed by atoms with E-state index in [1.54, 1.807) is 12.3 Å². The second kappa shape index (κ2) is 3.92. The second-order valence-corrected chi connectivity index (χ2v) is 2.76. The van der Waals surface area contributed by atoms with Gasteiger partial charge < -0.3 is 16.8 Å². The minimum atomic E-state index is 0.237. The zero-order chi connectivity index (χ0) is 8.97. The van der Waals surface area contributed by atoms with Gasteiger partial charge in [-0.05, 0) is 19.1 Å². The number of nitrogens with two attached hydrogens (primary N) is 2. The first-order valence-electron chi connectivity index (χ1n) is 3.90. The molecule has 1 heterocycles. The summed E-state index contributed by atoms with van der Waals surface area (Å²) in [4.78, 5) is 4.07. The lowest BCUT2D eigenvalue weighted by Gasteiger charge is -2.11. The standard InChI is InChI=1S/C8H14N4/c1-6(4-9)12-8-3-2-7(10)5-11-8/h2-3,5-6H,4,9-10H2,1H3,(H,11,12). The van der Waals surface area contributed by atoms with Crippen molar-refractivity contribution in [3.63, 3.8) is 0 Å². The largest absolute Gasteiger partial charge is 0.397 e. The molecule has 0 bridgehead atoms. The zero-order valence-electron chi connectivity index (χ0n) is 7.12. The van der Waals surface area contributed by atoms with Crippen LogP contribution in [0.3, 0.4) is 0 Å². The molecule has 12 heavy (non-hydrogen) atoms. The number of hydrogen-bond acceptors (Lipinski definition) is 4. The molecule has 5 N–H and O–H groups in total. The van der Waals surface area contributed by atoms with Gasteiger partial charge in [0, 0.05) is 12.6 Å². The minimum Gasteiger partial charge on any atom is -0.397 e. The molecule has 4 heteroatoms. The highest BCUT2D eigenvalue weighted by Crippen LogP contribution is 2.06. The van der Waals surface area contributed by atoms with E-state index in [0.29, 0.717) is 12.2 Å². The van der Waals surface area contributed by atoms with Crippen molar-refractivity contribution >= 4 is 11.5 Å². The molecule has 0 saturated heterocycles. The van der Waals surface area contributed by atoms with Gasteiger partial charge in [-0.25, -0.2) is 4.98 Å². The molecule has 0 spiro atoms. The Hall–Kier alpha value is -1.29. The van der Waals surface area contributed by atoms with E-state index in [0.717, 1.165) is 5.82 Å². The minimum absolute atomic E-state index is 0.237. The summed E-state index contributed by atoms with van der Waals surface area (Å²) in [7, 11) is 0. The first kappa shape index (κ1) is 8.80. The number of aromatic nitrogens is 1. The van der Waals surface area contributed by atoms with E-state index in [2.05, 4.69) is 10.3 Å². The van der Waals surface area contributed by atoms with Crippen LogP contribution in [0.2, 0.25) is 0 Å². The average Bonchev–Trinajstić information content (AvgIpc) is 2.09. The van der Waals surface area contributed by atoms with Gasteiger partial charge in [-0.2, -0.15) is 0 Å². The van der Waals surface area contributed by atoms with Crippen LogP contribution in [0.15, 0.2) is 18.3 Å². The van der Waals surface area contributed by atoms with E-state index in [1.165, 1.54) is 0 Å². The quantitative estimate of drug-likeness (QED) is 0.608. The van der Waals surface area contributed by atoms with Crippen LogP contribution >= 0.6 is 0 Å². The van der Waals surface area contributed by atoms with E-state index >= 15 is 0 Å². The molecule has 0 radical (unpaired) electrons. The number of rotatable bonds is 3. The fraction of sp³-hybridized carbons (Fsp3) is 0.375. The van der Waals surface area contributed by atoms with Crippen LogP contribution in [-0.2, 0) is 0 Å². The summed E-state index contributed by atoms with van der Waals surface area (Å²) < 4.78 is 0. The van der Waals surface area contributed by atoms with Crippen molar-refractivity contribution < 1.29 is 0 Å². The van der Waals surface area contributed by atoms with E-state index in [1.807, 2.05) is 13.0 Å². The van der Waals surface area contributed by atoms with Gasteiger partial charge in [-0.15, -0.1) is 0 Å². The maximum Gasteiger partial charge on any atom is 0.126 e. The van der Waals surface area contributed by atoms with Gasteiger partial charge in [0.2, 0.25) is 0 Å². The number of nitrogens with zero attached hydrogens (tertiary/aromatic N) is 1. The summed E-state index contributed by atoms with van der Waals surface area (Å²) in [5, 5.41) is 3.13. The van der Waals surface area contributed by atoms with E-state index in [4.69, 9.17) is 11.5 Å². The van der Waals surface area contributed by atoms with Crippen molar-refractivity contribution in [2.75, 3.05) is 17.6 Å². The molecule has 0 aliphatic heterocycles. The molecule has 0 saturated carbocycles. The Balaban J connectivity index is 2.58. The van der Waals surface area contributed by atoms with Gasteiger partial charge in [-0.3, -0.25) is 0 Å². The van der Waals surface area contributed by atoms with Gasteiger partial charge >= 0.3 is 0 Å². The summed E-state index contributed by atoms with van der Waals surface area (Å²) in [6.45, 7) is 2.59. The lowest BCUT2D eigenvalue weighted by Crippen LogP contribution is -2.25. The molecule has 0 aromatic carbocycles. The SMILES string of the molecule is CC(CN)Nc1ccc(N)cn1. The van der Waals surface area contributed by atoms with Gasteiger partial charge in [0.15, 0.2) is 0 Å². The highest BCUT2D eigenvalue weighted by molar-refractivity contribution is 5.44. The topological polar surface area (TPSA) is 77.0 Å². The molecule has 0 aliphatic rings. The van der Waals surface area contributed by atoms with Crippen LogP contribution in [0.1, 0.15) is 6.92 Å². The summed E-state index contributed by atoms with van der Waals surface area (Å²) in [5.74, 6) is 0.808. The lowest BCUT2D eigenvalue weighted by molar-refractivity contribution is 0.798. The fourth-order valence-corrected chi connectivity index (χ4v) is 0.802. The van der Waals surface area contributed by atoms with E-state index in [9.17, 15) is 0 Å². The first-order valence-corrected chi connectivity index (χ1v) is 3.90. The van der Waals surface area contributed by atoms with Crippen LogP contribution in [0.5, 0.6) is 0 Å². The molecular weight excluding hydrogens is 152 g/mol. The van der Waals surface area contributed by atoms with Crippen LogP contribution in [0.25, 0.3) is 0 Å². The molecule has 0 fully saturated rings. The lowest BCUT2D eigenvalue weighted by atomic mass is 10.3. The molecular formula is C8H14N4. The highest BCUT2D eigenvalue weighted by atomic mass is 15.0. The Bertz CT molecular complexity index is 231. The van der Waals surface area contributed by atoms with E-state index in [-0.39, 0.29) is 6.04 Å². The Morgan fingerprint density at radius 1 is 1.58 bits per heavy atom. The monoisotopic (exact) mass is 166 g/mol. The highest BCUT2D eigenvalue weighted by Gasteiger charge is 1.98. The average molecular weight is 166 g/mol. The maximum atomic E-state index is 5.48. The molecule has 0 aliphatic carbocycles. The van der Waals surface area contributed by atoms with Crippen LogP contribution in [0, 0.1) is 0 Å². The summed E-state index contributed by atoms with van der Waals surface area (Å²) in [6.07, 6.45) is 1.62. The molecule has 1 aromatic rings. The van der Waals surface area contributed by atoms with E-state index < -0.39 is 0 Å². The number of pyridine rings is 1. The molecule has 1 rings (SSSR count). The predicted molar refractivity (Wildman–Crippen MR) is 50.8 cm³/mol. The zero-order valence-corrected chi connectivity index (χ0v) is 7.12. The summed E-state index contributed by atoms with van der Waals surface area (Å²) in [5.41, 5.74) is 11.6. The van der Waals surface area contributed by atoms with Crippen LogP contribution in [0.4, 0.5) is 11.5 Å². The maximum absolute atomic E-state index is 5.48. The fourth-order valence-electron chi connectivity index (χ4n) is 0.802. The van der Waals surface area contributed by atoms with Crippen LogP contribution < -0.4 is 16.8 Å². The molecule has 66 valence electrons. The smallest absolute Gasteiger partial charge is 0.126 e. The van der Waals surface area contributed by atoms with Crippen molar-refractivity contribution in [3.8, 4) is 0 Å². The number of nitrogens with one attached hydrogen (secondary N) is 1. The molecule has 1 atom stereocenters. The Kier molecular flexibility index (Phi) is 2.88. The third-order valence-corrected chi connectivity index (χ3v) is 1.53. The number of anilines is 2. The molecule has 0 amide bonds. The predicted octanol–water partition coefficient (Wildman–Crippen LogP) is 0.423.